The first-order valence-electron chi connectivity index (χ1n) is 9.12. The van der Waals surface area contributed by atoms with Gasteiger partial charge in [0.15, 0.2) is 0 Å². The van der Waals surface area contributed by atoms with Crippen molar-refractivity contribution in [2.75, 3.05) is 6.54 Å². The maximum atomic E-state index is 12.8. The van der Waals surface area contributed by atoms with Crippen molar-refractivity contribution < 1.29 is 9.21 Å². The summed E-state index contributed by atoms with van der Waals surface area (Å²) in [6, 6.07) is 9.05. The molecule has 3 rings (SSSR count). The van der Waals surface area contributed by atoms with Gasteiger partial charge in [0.1, 0.15) is 11.5 Å². The summed E-state index contributed by atoms with van der Waals surface area (Å²) in [7, 11) is 0. The highest BCUT2D eigenvalue weighted by Gasteiger charge is 2.32. The van der Waals surface area contributed by atoms with Gasteiger partial charge in [-0.1, -0.05) is 19.9 Å². The number of piperidine rings is 1. The van der Waals surface area contributed by atoms with Crippen molar-refractivity contribution in [2.24, 2.45) is 5.92 Å². The van der Waals surface area contributed by atoms with Crippen molar-refractivity contribution in [1.29, 1.82) is 0 Å². The van der Waals surface area contributed by atoms with Crippen LogP contribution in [0.2, 0.25) is 0 Å². The van der Waals surface area contributed by atoms with Gasteiger partial charge < -0.3 is 13.9 Å². The molecule has 25 heavy (non-hydrogen) atoms. The highest BCUT2D eigenvalue weighted by Crippen LogP contribution is 2.35. The Morgan fingerprint density at radius 1 is 1.28 bits per heavy atom. The fraction of sp³-hybridized carbons (Fsp3) is 0.500. The first-order chi connectivity index (χ1) is 12.1. The van der Waals surface area contributed by atoms with Crippen molar-refractivity contribution in [3.8, 4) is 0 Å². The van der Waals surface area contributed by atoms with Crippen LogP contribution >= 0.6 is 0 Å². The van der Waals surface area contributed by atoms with Crippen molar-refractivity contribution >= 4 is 5.91 Å². The Bertz CT molecular complexity index is 777. The molecule has 1 aliphatic rings. The van der Waals surface area contributed by atoms with E-state index >= 15 is 0 Å². The molecule has 5 nitrogen and oxygen atoms in total. The van der Waals surface area contributed by atoms with Gasteiger partial charge >= 0.3 is 0 Å². The van der Waals surface area contributed by atoms with Crippen LogP contribution in [0.25, 0.3) is 0 Å². The summed E-state index contributed by atoms with van der Waals surface area (Å²) in [6.07, 6.45) is 4.84. The number of hydrogen-bond donors (Lipinski definition) is 0. The molecule has 5 heteroatoms. The molecule has 0 spiro atoms. The summed E-state index contributed by atoms with van der Waals surface area (Å²) in [5.74, 6) is 2.49. The zero-order valence-electron chi connectivity index (χ0n) is 15.0. The zero-order valence-corrected chi connectivity index (χ0v) is 15.0. The molecule has 0 N–H and O–H groups in total. The molecule has 0 radical (unpaired) electrons. The molecule has 134 valence electrons. The minimum atomic E-state index is -0.0715. The molecule has 0 aliphatic carbocycles. The van der Waals surface area contributed by atoms with E-state index in [1.807, 2.05) is 23.1 Å². The Balaban J connectivity index is 1.72. The van der Waals surface area contributed by atoms with E-state index in [2.05, 4.69) is 13.8 Å². The Morgan fingerprint density at radius 3 is 2.84 bits per heavy atom. The lowest BCUT2D eigenvalue weighted by atomic mass is 9.91. The number of hydrogen-bond acceptors (Lipinski definition) is 3. The Kier molecular flexibility index (Phi) is 5.41. The molecule has 2 atom stereocenters. The van der Waals surface area contributed by atoms with Crippen molar-refractivity contribution in [2.45, 2.75) is 52.1 Å². The Hall–Kier alpha value is -2.30. The summed E-state index contributed by atoms with van der Waals surface area (Å²) in [5.41, 5.74) is -0.0715. The lowest BCUT2D eigenvalue weighted by Gasteiger charge is -2.37. The third kappa shape index (κ3) is 4.03. The number of nitrogens with zero attached hydrogens (tertiary/aromatic N) is 2. The van der Waals surface area contributed by atoms with Crippen molar-refractivity contribution in [3.63, 3.8) is 0 Å². The van der Waals surface area contributed by atoms with Gasteiger partial charge in [0.2, 0.25) is 5.91 Å². The molecule has 2 aromatic rings. The van der Waals surface area contributed by atoms with Gasteiger partial charge in [-0.2, -0.15) is 0 Å². The molecule has 0 aromatic carbocycles. The number of pyridine rings is 1. The average Bonchev–Trinajstić information content (AvgIpc) is 3.10. The molecule has 1 aliphatic heterocycles. The van der Waals surface area contributed by atoms with Crippen molar-refractivity contribution in [1.82, 2.24) is 9.47 Å². The number of rotatable bonds is 5. The maximum absolute atomic E-state index is 12.8. The second kappa shape index (κ2) is 7.72. The predicted octanol–water partition coefficient (Wildman–Crippen LogP) is 3.39. The molecule has 1 amide bonds. The van der Waals surface area contributed by atoms with E-state index in [1.165, 1.54) is 6.07 Å². The van der Waals surface area contributed by atoms with Crippen LogP contribution in [0.5, 0.6) is 0 Å². The van der Waals surface area contributed by atoms with E-state index in [0.29, 0.717) is 18.9 Å². The minimum absolute atomic E-state index is 0.00375. The number of amides is 1. The molecule has 0 bridgehead atoms. The normalized spacial score (nSPS) is 20.6. The predicted molar refractivity (Wildman–Crippen MR) is 96.3 cm³/mol. The van der Waals surface area contributed by atoms with Crippen LogP contribution in [0.3, 0.4) is 0 Å². The summed E-state index contributed by atoms with van der Waals surface area (Å²) < 4.78 is 7.52. The summed E-state index contributed by atoms with van der Waals surface area (Å²) in [6.45, 7) is 5.45. The van der Waals surface area contributed by atoms with Gasteiger partial charge in [-0.3, -0.25) is 9.59 Å². The van der Waals surface area contributed by atoms with E-state index in [1.54, 1.807) is 16.8 Å². The lowest BCUT2D eigenvalue weighted by Crippen LogP contribution is -2.41. The van der Waals surface area contributed by atoms with Gasteiger partial charge in [-0.15, -0.1) is 0 Å². The standard InChI is InChI=1S/C20H26N2O3/c1-3-16-7-8-18(25-16)17-14-15(2)9-13-22(17)20(24)10-12-21-11-5-4-6-19(21)23/h4-8,11,15,17H,3,9-10,12-14H2,1-2H3/t15-,17+/m1/s1. The molecular formula is C20H26N2O3. The van der Waals surface area contributed by atoms with E-state index < -0.39 is 0 Å². The Labute approximate surface area is 148 Å². The number of carbonyl (C=O) groups is 1. The molecule has 2 aromatic heterocycles. The van der Waals surface area contributed by atoms with E-state index in [0.717, 1.165) is 37.3 Å². The number of carbonyl (C=O) groups excluding carboxylic acids is 1. The van der Waals surface area contributed by atoms with Crippen LogP contribution < -0.4 is 5.56 Å². The average molecular weight is 342 g/mol. The van der Waals surface area contributed by atoms with Crippen LogP contribution in [0.4, 0.5) is 0 Å². The van der Waals surface area contributed by atoms with Gasteiger partial charge in [-0.05, 0) is 37.0 Å². The first-order valence-corrected chi connectivity index (χ1v) is 9.12. The highest BCUT2D eigenvalue weighted by atomic mass is 16.3. The third-order valence-electron chi connectivity index (χ3n) is 5.01. The second-order valence-electron chi connectivity index (χ2n) is 6.87. The molecule has 1 fully saturated rings. The van der Waals surface area contributed by atoms with Crippen LogP contribution in [-0.2, 0) is 17.8 Å². The quantitative estimate of drug-likeness (QED) is 0.837. The van der Waals surface area contributed by atoms with E-state index in [-0.39, 0.29) is 17.5 Å². The van der Waals surface area contributed by atoms with E-state index in [9.17, 15) is 9.59 Å². The minimum Gasteiger partial charge on any atom is -0.464 e. The van der Waals surface area contributed by atoms with Crippen LogP contribution in [0, 0.1) is 5.92 Å². The molecule has 0 unspecified atom stereocenters. The van der Waals surface area contributed by atoms with Gasteiger partial charge in [-0.25, -0.2) is 0 Å². The smallest absolute Gasteiger partial charge is 0.250 e. The number of furan rings is 1. The summed E-state index contributed by atoms with van der Waals surface area (Å²) >= 11 is 0. The highest BCUT2D eigenvalue weighted by molar-refractivity contribution is 5.76. The molecule has 0 saturated carbocycles. The first kappa shape index (κ1) is 17.5. The van der Waals surface area contributed by atoms with Crippen LogP contribution in [0.1, 0.15) is 50.7 Å². The SMILES string of the molecule is CCc1ccc([C@@H]2C[C@H](C)CCN2C(=O)CCn2ccccc2=O)o1. The van der Waals surface area contributed by atoms with Gasteiger partial charge in [0.05, 0.1) is 6.04 Å². The monoisotopic (exact) mass is 342 g/mol. The largest absolute Gasteiger partial charge is 0.464 e. The number of aryl methyl sites for hydroxylation is 2. The fourth-order valence-electron chi connectivity index (χ4n) is 3.48. The number of likely N-dealkylation sites (tertiary alicyclic amines) is 1. The molecular weight excluding hydrogens is 316 g/mol. The second-order valence-corrected chi connectivity index (χ2v) is 6.87. The summed E-state index contributed by atoms with van der Waals surface area (Å²) in [5, 5.41) is 0. The summed E-state index contributed by atoms with van der Waals surface area (Å²) in [4.78, 5) is 26.6. The topological polar surface area (TPSA) is 55.5 Å². The molecule has 3 heterocycles. The fourth-order valence-corrected chi connectivity index (χ4v) is 3.48. The van der Waals surface area contributed by atoms with Crippen LogP contribution in [0.15, 0.2) is 45.7 Å². The van der Waals surface area contributed by atoms with Crippen LogP contribution in [-0.4, -0.2) is 21.9 Å². The van der Waals surface area contributed by atoms with Gasteiger partial charge in [0.25, 0.3) is 5.56 Å². The third-order valence-corrected chi connectivity index (χ3v) is 5.01. The van der Waals surface area contributed by atoms with E-state index in [4.69, 9.17) is 4.42 Å². The maximum Gasteiger partial charge on any atom is 0.250 e. The lowest BCUT2D eigenvalue weighted by molar-refractivity contribution is -0.136. The molecule has 1 saturated heterocycles. The van der Waals surface area contributed by atoms with Crippen molar-refractivity contribution in [3.05, 3.63) is 58.4 Å². The number of aromatic nitrogens is 1. The Morgan fingerprint density at radius 2 is 2.12 bits per heavy atom. The zero-order chi connectivity index (χ0) is 17.8. The van der Waals surface area contributed by atoms with Gasteiger partial charge in [0, 0.05) is 38.2 Å².